The van der Waals surface area contributed by atoms with Crippen LogP contribution in [0.15, 0.2) is 45.7 Å². The SMILES string of the molecule is O=C(O)c1cc(Br)cc(NC(=O)c2cccc(=O)[nH]2)c1. The summed E-state index contributed by atoms with van der Waals surface area (Å²) in [4.78, 5) is 36.3. The second kappa shape index (κ2) is 5.70. The first-order valence-corrected chi connectivity index (χ1v) is 6.29. The molecule has 7 heteroatoms. The number of halogens is 1. The maximum Gasteiger partial charge on any atom is 0.335 e. The minimum Gasteiger partial charge on any atom is -0.478 e. The highest BCUT2D eigenvalue weighted by Crippen LogP contribution is 2.20. The van der Waals surface area contributed by atoms with Gasteiger partial charge in [0, 0.05) is 16.2 Å². The van der Waals surface area contributed by atoms with Gasteiger partial charge in [-0.15, -0.1) is 0 Å². The Bertz CT molecular complexity index is 739. The minimum absolute atomic E-state index is 0.0382. The minimum atomic E-state index is -1.10. The van der Waals surface area contributed by atoms with Crippen LogP contribution >= 0.6 is 15.9 Å². The smallest absolute Gasteiger partial charge is 0.335 e. The molecule has 0 spiro atoms. The van der Waals surface area contributed by atoms with E-state index >= 15 is 0 Å². The van der Waals surface area contributed by atoms with E-state index in [-0.39, 0.29) is 11.3 Å². The molecule has 20 heavy (non-hydrogen) atoms. The molecule has 102 valence electrons. The van der Waals surface area contributed by atoms with Crippen LogP contribution in [0.1, 0.15) is 20.8 Å². The van der Waals surface area contributed by atoms with E-state index in [1.165, 1.54) is 30.3 Å². The van der Waals surface area contributed by atoms with Crippen molar-refractivity contribution >= 4 is 33.5 Å². The van der Waals surface area contributed by atoms with Crippen LogP contribution in [0.5, 0.6) is 0 Å². The number of carbonyl (C=O) groups excluding carboxylic acids is 1. The molecule has 0 saturated heterocycles. The van der Waals surface area contributed by atoms with E-state index in [0.717, 1.165) is 0 Å². The number of carbonyl (C=O) groups is 2. The highest BCUT2D eigenvalue weighted by atomic mass is 79.9. The van der Waals surface area contributed by atoms with Gasteiger partial charge in [-0.1, -0.05) is 22.0 Å². The van der Waals surface area contributed by atoms with Gasteiger partial charge in [-0.05, 0) is 24.3 Å². The molecule has 0 atom stereocenters. The van der Waals surface area contributed by atoms with Crippen LogP contribution in [-0.2, 0) is 0 Å². The standard InChI is InChI=1S/C13H9BrN2O4/c14-8-4-7(13(19)20)5-9(6-8)15-12(18)10-2-1-3-11(17)16-10/h1-6H,(H,15,18)(H,16,17)(H,19,20). The molecule has 6 nitrogen and oxygen atoms in total. The van der Waals surface area contributed by atoms with Gasteiger partial charge >= 0.3 is 5.97 Å². The number of hydrogen-bond donors (Lipinski definition) is 3. The van der Waals surface area contributed by atoms with Gasteiger partial charge in [0.1, 0.15) is 5.69 Å². The normalized spacial score (nSPS) is 10.1. The van der Waals surface area contributed by atoms with Crippen molar-refractivity contribution in [2.75, 3.05) is 5.32 Å². The molecule has 0 aliphatic heterocycles. The molecule has 0 unspecified atom stereocenters. The average molecular weight is 337 g/mol. The van der Waals surface area contributed by atoms with Crippen LogP contribution in [0.25, 0.3) is 0 Å². The summed E-state index contributed by atoms with van der Waals surface area (Å²) < 4.78 is 0.522. The number of amides is 1. The molecule has 1 heterocycles. The third-order valence-corrected chi connectivity index (χ3v) is 2.87. The Morgan fingerprint density at radius 3 is 2.60 bits per heavy atom. The Hall–Kier alpha value is -2.41. The summed E-state index contributed by atoms with van der Waals surface area (Å²) in [6.45, 7) is 0. The number of rotatable bonds is 3. The molecular formula is C13H9BrN2O4. The predicted octanol–water partition coefficient (Wildman–Crippen LogP) is 2.09. The molecule has 0 aliphatic carbocycles. The third-order valence-electron chi connectivity index (χ3n) is 2.42. The number of benzene rings is 1. The molecule has 1 aromatic heterocycles. The van der Waals surface area contributed by atoms with E-state index in [0.29, 0.717) is 10.2 Å². The van der Waals surface area contributed by atoms with Crippen LogP contribution in [0.4, 0.5) is 5.69 Å². The van der Waals surface area contributed by atoms with Crippen molar-refractivity contribution in [2.24, 2.45) is 0 Å². The second-order valence-electron chi connectivity index (χ2n) is 3.92. The molecule has 2 rings (SSSR count). The van der Waals surface area contributed by atoms with Crippen molar-refractivity contribution in [2.45, 2.75) is 0 Å². The zero-order valence-corrected chi connectivity index (χ0v) is 11.6. The highest BCUT2D eigenvalue weighted by molar-refractivity contribution is 9.10. The summed E-state index contributed by atoms with van der Waals surface area (Å²) in [6, 6.07) is 8.50. The van der Waals surface area contributed by atoms with Gasteiger partial charge in [0.2, 0.25) is 5.56 Å². The number of pyridine rings is 1. The fraction of sp³-hybridized carbons (Fsp3) is 0. The Morgan fingerprint density at radius 2 is 1.95 bits per heavy atom. The first-order valence-electron chi connectivity index (χ1n) is 5.50. The molecule has 0 radical (unpaired) electrons. The van der Waals surface area contributed by atoms with Gasteiger partial charge in [0.25, 0.3) is 5.91 Å². The topological polar surface area (TPSA) is 99.3 Å². The van der Waals surface area contributed by atoms with Crippen molar-refractivity contribution in [1.29, 1.82) is 0 Å². The Kier molecular flexibility index (Phi) is 3.99. The van der Waals surface area contributed by atoms with Crippen molar-refractivity contribution < 1.29 is 14.7 Å². The number of aromatic amines is 1. The Labute approximate surface area is 121 Å². The summed E-state index contributed by atoms with van der Waals surface area (Å²) in [5.74, 6) is -1.63. The number of aromatic carboxylic acids is 1. The number of carboxylic acid groups (broad SMARTS) is 1. The lowest BCUT2D eigenvalue weighted by molar-refractivity contribution is 0.0696. The molecule has 0 bridgehead atoms. The lowest BCUT2D eigenvalue weighted by Crippen LogP contribution is -2.18. The van der Waals surface area contributed by atoms with Crippen molar-refractivity contribution in [3.63, 3.8) is 0 Å². The summed E-state index contributed by atoms with van der Waals surface area (Å²) in [6.07, 6.45) is 0. The number of nitrogens with one attached hydrogen (secondary N) is 2. The number of aromatic nitrogens is 1. The van der Waals surface area contributed by atoms with Crippen LogP contribution in [0, 0.1) is 0 Å². The van der Waals surface area contributed by atoms with Crippen LogP contribution in [-0.4, -0.2) is 22.0 Å². The molecular weight excluding hydrogens is 328 g/mol. The van der Waals surface area contributed by atoms with Gasteiger partial charge in [-0.3, -0.25) is 9.59 Å². The number of carboxylic acids is 1. The summed E-state index contributed by atoms with van der Waals surface area (Å²) in [5, 5.41) is 11.5. The number of anilines is 1. The number of H-pyrrole nitrogens is 1. The summed E-state index contributed by atoms with van der Waals surface area (Å²) >= 11 is 3.17. The number of hydrogen-bond acceptors (Lipinski definition) is 3. The van der Waals surface area contributed by atoms with Gasteiger partial charge < -0.3 is 15.4 Å². The molecule has 1 aromatic carbocycles. The molecule has 3 N–H and O–H groups in total. The van der Waals surface area contributed by atoms with E-state index in [4.69, 9.17) is 5.11 Å². The lowest BCUT2D eigenvalue weighted by Gasteiger charge is -2.07. The summed E-state index contributed by atoms with van der Waals surface area (Å²) in [5.41, 5.74) is 0.0511. The van der Waals surface area contributed by atoms with Gasteiger partial charge in [-0.25, -0.2) is 4.79 Å². The zero-order chi connectivity index (χ0) is 14.7. The van der Waals surface area contributed by atoms with E-state index < -0.39 is 17.4 Å². The van der Waals surface area contributed by atoms with Crippen LogP contribution < -0.4 is 10.9 Å². The second-order valence-corrected chi connectivity index (χ2v) is 4.83. The Morgan fingerprint density at radius 1 is 1.20 bits per heavy atom. The molecule has 0 fully saturated rings. The quantitative estimate of drug-likeness (QED) is 0.798. The Balaban J connectivity index is 2.28. The first kappa shape index (κ1) is 14.0. The zero-order valence-electron chi connectivity index (χ0n) is 10.0. The third kappa shape index (κ3) is 3.33. The largest absolute Gasteiger partial charge is 0.478 e. The summed E-state index contributed by atoms with van der Waals surface area (Å²) in [7, 11) is 0. The average Bonchev–Trinajstić information content (AvgIpc) is 2.37. The van der Waals surface area contributed by atoms with E-state index in [1.54, 1.807) is 6.07 Å². The van der Waals surface area contributed by atoms with Gasteiger partial charge in [0.05, 0.1) is 5.56 Å². The maximum absolute atomic E-state index is 11.9. The van der Waals surface area contributed by atoms with Gasteiger partial charge in [-0.2, -0.15) is 0 Å². The lowest BCUT2D eigenvalue weighted by atomic mass is 10.2. The van der Waals surface area contributed by atoms with Crippen LogP contribution in [0.3, 0.4) is 0 Å². The van der Waals surface area contributed by atoms with E-state index in [1.807, 2.05) is 0 Å². The maximum atomic E-state index is 11.9. The fourth-order valence-electron chi connectivity index (χ4n) is 1.56. The van der Waals surface area contributed by atoms with Crippen molar-refractivity contribution in [3.8, 4) is 0 Å². The monoisotopic (exact) mass is 336 g/mol. The van der Waals surface area contributed by atoms with Gasteiger partial charge in [0.15, 0.2) is 0 Å². The van der Waals surface area contributed by atoms with E-state index in [2.05, 4.69) is 26.2 Å². The first-order chi connectivity index (χ1) is 9.45. The van der Waals surface area contributed by atoms with E-state index in [9.17, 15) is 14.4 Å². The molecule has 0 aliphatic rings. The predicted molar refractivity (Wildman–Crippen MR) is 76.1 cm³/mol. The molecule has 0 saturated carbocycles. The fourth-order valence-corrected chi connectivity index (χ4v) is 2.06. The molecule has 2 aromatic rings. The molecule has 1 amide bonds. The van der Waals surface area contributed by atoms with Crippen molar-refractivity contribution in [3.05, 3.63) is 62.5 Å². The van der Waals surface area contributed by atoms with Crippen molar-refractivity contribution in [1.82, 2.24) is 4.98 Å². The highest BCUT2D eigenvalue weighted by Gasteiger charge is 2.10. The van der Waals surface area contributed by atoms with Crippen LogP contribution in [0.2, 0.25) is 0 Å².